The lowest BCUT2D eigenvalue weighted by Crippen LogP contribution is -1.98. The molecule has 0 aliphatic heterocycles. The maximum Gasteiger partial charge on any atom is 0.145 e. The Labute approximate surface area is 272 Å². The van der Waals surface area contributed by atoms with E-state index < -0.39 is 0 Å². The van der Waals surface area contributed by atoms with Gasteiger partial charge in [-0.05, 0) is 75.1 Å². The number of rotatable bonds is 5. The van der Waals surface area contributed by atoms with E-state index >= 15 is 0 Å². The molecular formula is C43H28N4. The summed E-state index contributed by atoms with van der Waals surface area (Å²) in [6.07, 6.45) is 3.64. The second kappa shape index (κ2) is 11.2. The van der Waals surface area contributed by atoms with E-state index in [9.17, 15) is 0 Å². The standard InChI is InChI=1S/C43H28N4/c1-2-10-32(11-3-1)43-46-41-28-44-23-22-42(41)47(43)38-20-18-31(19-21-38)39-26-37(35-16-14-29-8-4-6-12-33(29)24-35)27-40(45-39)36-17-15-30-9-5-7-13-34(30)25-36/h1-28H. The Morgan fingerprint density at radius 1 is 0.404 bits per heavy atom. The molecule has 3 heterocycles. The Morgan fingerprint density at radius 2 is 1.00 bits per heavy atom. The van der Waals surface area contributed by atoms with E-state index in [1.54, 1.807) is 0 Å². The molecule has 0 spiro atoms. The average Bonchev–Trinajstić information content (AvgIpc) is 3.54. The van der Waals surface area contributed by atoms with Gasteiger partial charge in [0.05, 0.1) is 23.1 Å². The first kappa shape index (κ1) is 27.0. The van der Waals surface area contributed by atoms with E-state index in [0.29, 0.717) is 0 Å². The molecule has 4 nitrogen and oxygen atoms in total. The van der Waals surface area contributed by atoms with Crippen molar-refractivity contribution in [1.82, 2.24) is 19.5 Å². The molecule has 9 aromatic rings. The monoisotopic (exact) mass is 600 g/mol. The van der Waals surface area contributed by atoms with Crippen LogP contribution in [0, 0.1) is 0 Å². The van der Waals surface area contributed by atoms with Crippen LogP contribution < -0.4 is 0 Å². The quantitative estimate of drug-likeness (QED) is 0.197. The highest BCUT2D eigenvalue weighted by molar-refractivity contribution is 5.90. The summed E-state index contributed by atoms with van der Waals surface area (Å²) in [5.74, 6) is 0.886. The highest BCUT2D eigenvalue weighted by Gasteiger charge is 2.15. The number of nitrogens with zero attached hydrogens (tertiary/aromatic N) is 4. The molecule has 0 aliphatic rings. The Morgan fingerprint density at radius 3 is 1.72 bits per heavy atom. The molecule has 0 atom stereocenters. The number of aromatic nitrogens is 4. The molecule has 0 bridgehead atoms. The van der Waals surface area contributed by atoms with Crippen molar-refractivity contribution >= 4 is 32.6 Å². The summed E-state index contributed by atoms with van der Waals surface area (Å²) >= 11 is 0. The zero-order valence-corrected chi connectivity index (χ0v) is 25.5. The summed E-state index contributed by atoms with van der Waals surface area (Å²) in [5, 5.41) is 4.87. The molecule has 6 aromatic carbocycles. The van der Waals surface area contributed by atoms with Crippen LogP contribution in [0.15, 0.2) is 170 Å². The summed E-state index contributed by atoms with van der Waals surface area (Å²) in [5.41, 5.74) is 10.3. The van der Waals surface area contributed by atoms with Crippen LogP contribution in [0.25, 0.3) is 83.3 Å². The summed E-state index contributed by atoms with van der Waals surface area (Å²) < 4.78 is 2.20. The van der Waals surface area contributed by atoms with E-state index in [1.165, 1.54) is 21.5 Å². The lowest BCUT2D eigenvalue weighted by atomic mass is 9.97. The summed E-state index contributed by atoms with van der Waals surface area (Å²) in [6.45, 7) is 0. The van der Waals surface area contributed by atoms with E-state index in [4.69, 9.17) is 9.97 Å². The Hall–Kier alpha value is -6.39. The van der Waals surface area contributed by atoms with Gasteiger partial charge >= 0.3 is 0 Å². The van der Waals surface area contributed by atoms with E-state index in [1.807, 2.05) is 36.7 Å². The number of hydrogen-bond donors (Lipinski definition) is 0. The van der Waals surface area contributed by atoms with Crippen LogP contribution in [0.2, 0.25) is 0 Å². The molecule has 0 radical (unpaired) electrons. The summed E-state index contributed by atoms with van der Waals surface area (Å²) in [6, 6.07) is 55.6. The lowest BCUT2D eigenvalue weighted by molar-refractivity contribution is 1.10. The first-order chi connectivity index (χ1) is 23.3. The third kappa shape index (κ3) is 4.93. The zero-order valence-electron chi connectivity index (χ0n) is 25.5. The molecule has 0 aliphatic carbocycles. The van der Waals surface area contributed by atoms with Crippen molar-refractivity contribution in [3.05, 3.63) is 170 Å². The Kier molecular flexibility index (Phi) is 6.43. The number of hydrogen-bond acceptors (Lipinski definition) is 3. The molecular weight excluding hydrogens is 573 g/mol. The summed E-state index contributed by atoms with van der Waals surface area (Å²) in [4.78, 5) is 14.5. The second-order valence-corrected chi connectivity index (χ2v) is 11.8. The van der Waals surface area contributed by atoms with Crippen LogP contribution in [0.4, 0.5) is 0 Å². The smallest absolute Gasteiger partial charge is 0.145 e. The molecule has 0 amide bonds. The van der Waals surface area contributed by atoms with Gasteiger partial charge in [-0.25, -0.2) is 9.97 Å². The van der Waals surface area contributed by atoms with Gasteiger partial charge in [-0.1, -0.05) is 115 Å². The Bertz CT molecular complexity index is 2470. The highest BCUT2D eigenvalue weighted by atomic mass is 15.1. The molecule has 0 N–H and O–H groups in total. The van der Waals surface area contributed by atoms with E-state index in [-0.39, 0.29) is 0 Å². The predicted molar refractivity (Wildman–Crippen MR) is 193 cm³/mol. The molecule has 0 unspecified atom stereocenters. The third-order valence-electron chi connectivity index (χ3n) is 8.86. The maximum atomic E-state index is 5.25. The van der Waals surface area contributed by atoms with Crippen LogP contribution in [0.1, 0.15) is 0 Å². The van der Waals surface area contributed by atoms with Gasteiger partial charge in [0.25, 0.3) is 0 Å². The van der Waals surface area contributed by atoms with Crippen LogP contribution in [0.3, 0.4) is 0 Å². The van der Waals surface area contributed by atoms with E-state index in [2.05, 4.69) is 143 Å². The molecule has 47 heavy (non-hydrogen) atoms. The van der Waals surface area contributed by atoms with Crippen molar-refractivity contribution in [1.29, 1.82) is 0 Å². The first-order valence-electron chi connectivity index (χ1n) is 15.8. The lowest BCUT2D eigenvalue weighted by Gasteiger charge is -2.13. The van der Waals surface area contributed by atoms with Gasteiger partial charge in [-0.2, -0.15) is 0 Å². The minimum Gasteiger partial charge on any atom is -0.292 e. The fourth-order valence-electron chi connectivity index (χ4n) is 6.47. The van der Waals surface area contributed by atoms with Crippen LogP contribution >= 0.6 is 0 Å². The van der Waals surface area contributed by atoms with Crippen molar-refractivity contribution in [2.45, 2.75) is 0 Å². The van der Waals surface area contributed by atoms with Gasteiger partial charge in [0.1, 0.15) is 11.3 Å². The van der Waals surface area contributed by atoms with Gasteiger partial charge in [0.15, 0.2) is 0 Å². The van der Waals surface area contributed by atoms with Gasteiger partial charge in [-0.3, -0.25) is 9.55 Å². The molecule has 4 heteroatoms. The van der Waals surface area contributed by atoms with Crippen LogP contribution in [-0.4, -0.2) is 19.5 Å². The van der Waals surface area contributed by atoms with Crippen molar-refractivity contribution in [2.24, 2.45) is 0 Å². The number of fused-ring (bicyclic) bond motifs is 3. The van der Waals surface area contributed by atoms with Gasteiger partial charge in [0, 0.05) is 28.6 Å². The van der Waals surface area contributed by atoms with E-state index in [0.717, 1.165) is 61.8 Å². The number of benzene rings is 6. The molecule has 0 saturated carbocycles. The number of imidazole rings is 1. The largest absolute Gasteiger partial charge is 0.292 e. The fraction of sp³-hybridized carbons (Fsp3) is 0. The molecule has 0 saturated heterocycles. The normalized spacial score (nSPS) is 11.4. The predicted octanol–water partition coefficient (Wildman–Crippen LogP) is 10.8. The first-order valence-corrected chi connectivity index (χ1v) is 15.8. The van der Waals surface area contributed by atoms with Crippen molar-refractivity contribution < 1.29 is 0 Å². The molecule has 220 valence electrons. The van der Waals surface area contributed by atoms with Crippen molar-refractivity contribution in [2.75, 3.05) is 0 Å². The topological polar surface area (TPSA) is 43.6 Å². The van der Waals surface area contributed by atoms with Crippen molar-refractivity contribution in [3.63, 3.8) is 0 Å². The number of pyridine rings is 2. The summed E-state index contributed by atoms with van der Waals surface area (Å²) in [7, 11) is 0. The maximum absolute atomic E-state index is 5.25. The second-order valence-electron chi connectivity index (χ2n) is 11.8. The average molecular weight is 601 g/mol. The van der Waals surface area contributed by atoms with Gasteiger partial charge < -0.3 is 0 Å². The molecule has 3 aromatic heterocycles. The van der Waals surface area contributed by atoms with Gasteiger partial charge in [-0.15, -0.1) is 0 Å². The minimum absolute atomic E-state index is 0.861. The van der Waals surface area contributed by atoms with Crippen LogP contribution in [0.5, 0.6) is 0 Å². The van der Waals surface area contributed by atoms with Crippen molar-refractivity contribution in [3.8, 4) is 50.7 Å². The molecule has 0 fully saturated rings. The third-order valence-corrected chi connectivity index (χ3v) is 8.86. The SMILES string of the molecule is c1ccc(-c2nc3cnccc3n2-c2ccc(-c3cc(-c4ccc5ccccc5c4)cc(-c4ccc5ccccc5c4)n3)cc2)cc1. The molecule has 9 rings (SSSR count). The van der Waals surface area contributed by atoms with Gasteiger partial charge in [0.2, 0.25) is 0 Å². The highest BCUT2D eigenvalue weighted by Crippen LogP contribution is 2.34. The Balaban J connectivity index is 1.19. The van der Waals surface area contributed by atoms with Crippen LogP contribution in [-0.2, 0) is 0 Å². The fourth-order valence-corrected chi connectivity index (χ4v) is 6.47. The minimum atomic E-state index is 0.861. The zero-order chi connectivity index (χ0) is 31.2.